The topological polar surface area (TPSA) is 237 Å². The molecular formula is C71H138O17P2. The van der Waals surface area contributed by atoms with Gasteiger partial charge in [0.1, 0.15) is 19.3 Å². The van der Waals surface area contributed by atoms with Gasteiger partial charge in [0.05, 0.1) is 26.4 Å². The minimum atomic E-state index is -4.95. The largest absolute Gasteiger partial charge is 0.472 e. The zero-order chi connectivity index (χ0) is 66.8. The van der Waals surface area contributed by atoms with Gasteiger partial charge in [-0.2, -0.15) is 0 Å². The highest BCUT2D eigenvalue weighted by atomic mass is 31.2. The van der Waals surface area contributed by atoms with Crippen LogP contribution in [0.3, 0.4) is 0 Å². The molecule has 3 N–H and O–H groups in total. The van der Waals surface area contributed by atoms with Gasteiger partial charge in [0.15, 0.2) is 12.2 Å². The van der Waals surface area contributed by atoms with Crippen molar-refractivity contribution in [3.8, 4) is 0 Å². The Balaban J connectivity index is 5.19. The van der Waals surface area contributed by atoms with Crippen molar-refractivity contribution >= 4 is 39.5 Å². The van der Waals surface area contributed by atoms with E-state index in [2.05, 4.69) is 55.4 Å². The molecule has 0 rings (SSSR count). The standard InChI is InChI=1S/C71H138O17P2/c1-61(2)47-39-31-23-18-15-13-11-9-10-12-14-16-20-26-37-45-53-70(75)87-66(57-81-68(73)51-43-35-28-22-25-33-41-49-63(5)6)59-85-89(77,78)83-55-65(72)56-84-90(79,80)86-60-67(58-82-69(74)52-44-36-30-29-34-42-50-64(7)8)88-71(76)54-46-38-27-21-17-19-24-32-40-48-62(3)4/h61-67,72H,9-60H2,1-8H3,(H,77,78)(H,79,80)/t65?,66-,67-/m1/s1. The van der Waals surface area contributed by atoms with E-state index >= 15 is 0 Å². The minimum absolute atomic E-state index is 0.104. The number of hydrogen-bond acceptors (Lipinski definition) is 15. The second kappa shape index (κ2) is 60.7. The molecular weight excluding hydrogens is 1190 g/mol. The van der Waals surface area contributed by atoms with Crippen LogP contribution >= 0.6 is 15.6 Å². The Morgan fingerprint density at radius 2 is 0.467 bits per heavy atom. The molecule has 19 heteroatoms. The predicted molar refractivity (Wildman–Crippen MR) is 363 cm³/mol. The molecule has 90 heavy (non-hydrogen) atoms. The Kier molecular flexibility index (Phi) is 59.4. The molecule has 0 radical (unpaired) electrons. The Bertz CT molecular complexity index is 1780. The molecule has 534 valence electrons. The van der Waals surface area contributed by atoms with E-state index in [-0.39, 0.29) is 25.7 Å². The Labute approximate surface area is 549 Å². The smallest absolute Gasteiger partial charge is 0.462 e. The molecule has 0 aromatic heterocycles. The van der Waals surface area contributed by atoms with Gasteiger partial charge < -0.3 is 33.8 Å². The average Bonchev–Trinajstić information content (AvgIpc) is 3.46. The normalized spacial score (nSPS) is 14.3. The highest BCUT2D eigenvalue weighted by Crippen LogP contribution is 2.45. The summed E-state index contributed by atoms with van der Waals surface area (Å²) < 4.78 is 68.2. The molecule has 0 saturated heterocycles. The van der Waals surface area contributed by atoms with Crippen LogP contribution in [0.15, 0.2) is 0 Å². The molecule has 0 aliphatic heterocycles. The van der Waals surface area contributed by atoms with Crippen LogP contribution in [-0.2, 0) is 65.4 Å². The number of rotatable bonds is 68. The van der Waals surface area contributed by atoms with Gasteiger partial charge in [-0.3, -0.25) is 37.3 Å². The fourth-order valence-electron chi connectivity index (χ4n) is 10.7. The summed E-state index contributed by atoms with van der Waals surface area (Å²) in [6.07, 6.45) is 43.4. The summed E-state index contributed by atoms with van der Waals surface area (Å²) in [5.74, 6) is 0.798. The van der Waals surface area contributed by atoms with Crippen molar-refractivity contribution in [2.45, 2.75) is 369 Å². The second-order valence-electron chi connectivity index (χ2n) is 27.5. The van der Waals surface area contributed by atoms with Gasteiger partial charge in [-0.1, -0.05) is 299 Å². The summed E-state index contributed by atoms with van der Waals surface area (Å²) in [5, 5.41) is 10.6. The van der Waals surface area contributed by atoms with Gasteiger partial charge in [0.2, 0.25) is 0 Å². The van der Waals surface area contributed by atoms with Crippen molar-refractivity contribution in [2.24, 2.45) is 23.7 Å². The number of aliphatic hydroxyl groups excluding tert-OH is 1. The van der Waals surface area contributed by atoms with Crippen LogP contribution in [0, 0.1) is 23.7 Å². The van der Waals surface area contributed by atoms with Crippen LogP contribution in [-0.4, -0.2) is 96.7 Å². The van der Waals surface area contributed by atoms with Crippen LogP contribution in [0.25, 0.3) is 0 Å². The fraction of sp³-hybridized carbons (Fsp3) is 0.944. The highest BCUT2D eigenvalue weighted by Gasteiger charge is 2.30. The average molecular weight is 1330 g/mol. The van der Waals surface area contributed by atoms with Gasteiger partial charge in [-0.15, -0.1) is 0 Å². The van der Waals surface area contributed by atoms with Gasteiger partial charge in [0.25, 0.3) is 0 Å². The van der Waals surface area contributed by atoms with Crippen molar-refractivity contribution in [2.75, 3.05) is 39.6 Å². The van der Waals surface area contributed by atoms with Gasteiger partial charge in [-0.25, -0.2) is 9.13 Å². The van der Waals surface area contributed by atoms with Crippen molar-refractivity contribution < 1.29 is 80.2 Å². The number of hydrogen-bond donors (Lipinski definition) is 3. The summed E-state index contributed by atoms with van der Waals surface area (Å²) in [5.41, 5.74) is 0. The fourth-order valence-corrected chi connectivity index (χ4v) is 12.2. The van der Waals surface area contributed by atoms with Crippen LogP contribution in [0.1, 0.15) is 351 Å². The Morgan fingerprint density at radius 3 is 0.689 bits per heavy atom. The van der Waals surface area contributed by atoms with Gasteiger partial charge in [-0.05, 0) is 49.4 Å². The zero-order valence-corrected chi connectivity index (χ0v) is 60.6. The first kappa shape index (κ1) is 88.1. The SMILES string of the molecule is CC(C)CCCCCCCCCCCCCCCCCCC(=O)O[C@H](COC(=O)CCCCCCCCCC(C)C)COP(=O)(O)OCC(O)COP(=O)(O)OC[C@@H](COC(=O)CCCCCCCCC(C)C)OC(=O)CCCCCCCCCCCC(C)C. The summed E-state index contributed by atoms with van der Waals surface area (Å²) >= 11 is 0. The first-order chi connectivity index (χ1) is 43.1. The lowest BCUT2D eigenvalue weighted by molar-refractivity contribution is -0.161. The molecule has 0 saturated carbocycles. The molecule has 0 fully saturated rings. The molecule has 0 amide bonds. The number of carbonyl (C=O) groups excluding carboxylic acids is 4. The van der Waals surface area contributed by atoms with E-state index in [1.807, 2.05) is 0 Å². The maximum atomic E-state index is 13.0. The van der Waals surface area contributed by atoms with Crippen molar-refractivity contribution in [1.29, 1.82) is 0 Å². The van der Waals surface area contributed by atoms with E-state index in [1.54, 1.807) is 0 Å². The second-order valence-corrected chi connectivity index (χ2v) is 30.4. The van der Waals surface area contributed by atoms with Crippen LogP contribution in [0.4, 0.5) is 0 Å². The van der Waals surface area contributed by atoms with Crippen molar-refractivity contribution in [3.63, 3.8) is 0 Å². The number of ether oxygens (including phenoxy) is 4. The number of esters is 4. The molecule has 0 aromatic carbocycles. The third-order valence-corrected chi connectivity index (χ3v) is 18.2. The quantitative estimate of drug-likeness (QED) is 0.0222. The summed E-state index contributed by atoms with van der Waals surface area (Å²) in [6.45, 7) is 14.0. The molecule has 0 aliphatic carbocycles. The van der Waals surface area contributed by atoms with E-state index in [9.17, 15) is 43.2 Å². The first-order valence-corrected chi connectivity index (χ1v) is 39.7. The zero-order valence-electron chi connectivity index (χ0n) is 58.8. The number of aliphatic hydroxyl groups is 1. The lowest BCUT2D eigenvalue weighted by atomic mass is 10.0. The highest BCUT2D eigenvalue weighted by molar-refractivity contribution is 7.47. The third-order valence-electron chi connectivity index (χ3n) is 16.3. The summed E-state index contributed by atoms with van der Waals surface area (Å²) in [4.78, 5) is 72.5. The molecule has 0 spiro atoms. The Morgan fingerprint density at radius 1 is 0.278 bits per heavy atom. The molecule has 0 aliphatic rings. The van der Waals surface area contributed by atoms with Gasteiger partial charge >= 0.3 is 39.5 Å². The minimum Gasteiger partial charge on any atom is -0.462 e. The van der Waals surface area contributed by atoms with E-state index in [4.69, 9.17) is 37.0 Å². The number of phosphoric ester groups is 2. The molecule has 0 bridgehead atoms. The molecule has 17 nitrogen and oxygen atoms in total. The van der Waals surface area contributed by atoms with E-state index in [0.717, 1.165) is 115 Å². The van der Waals surface area contributed by atoms with E-state index < -0.39 is 97.5 Å². The summed E-state index contributed by atoms with van der Waals surface area (Å²) in [6, 6.07) is 0. The maximum Gasteiger partial charge on any atom is 0.472 e. The molecule has 3 unspecified atom stereocenters. The van der Waals surface area contributed by atoms with Crippen LogP contribution < -0.4 is 0 Å². The van der Waals surface area contributed by atoms with E-state index in [1.165, 1.54) is 141 Å². The molecule has 5 atom stereocenters. The Hall–Kier alpha value is -1.94. The van der Waals surface area contributed by atoms with E-state index in [0.29, 0.717) is 37.5 Å². The third kappa shape index (κ3) is 64.8. The maximum absolute atomic E-state index is 13.0. The molecule has 0 heterocycles. The molecule has 0 aromatic rings. The number of unbranched alkanes of at least 4 members (excludes halogenated alkanes) is 34. The first-order valence-electron chi connectivity index (χ1n) is 36.7. The van der Waals surface area contributed by atoms with Gasteiger partial charge in [0, 0.05) is 25.7 Å². The lowest BCUT2D eigenvalue weighted by Crippen LogP contribution is -2.30. The monoisotopic (exact) mass is 1320 g/mol. The summed E-state index contributed by atoms with van der Waals surface area (Å²) in [7, 11) is -9.90. The lowest BCUT2D eigenvalue weighted by Gasteiger charge is -2.21. The number of carbonyl (C=O) groups is 4. The van der Waals surface area contributed by atoms with Crippen molar-refractivity contribution in [3.05, 3.63) is 0 Å². The van der Waals surface area contributed by atoms with Crippen LogP contribution in [0.2, 0.25) is 0 Å². The van der Waals surface area contributed by atoms with Crippen molar-refractivity contribution in [1.82, 2.24) is 0 Å². The predicted octanol–water partition coefficient (Wildman–Crippen LogP) is 20.1. The van der Waals surface area contributed by atoms with Crippen LogP contribution in [0.5, 0.6) is 0 Å². The number of phosphoric acid groups is 2.